The molecule has 0 bridgehead atoms. The summed E-state index contributed by atoms with van der Waals surface area (Å²) < 4.78 is 69.5. The molecule has 0 atom stereocenters. The van der Waals surface area contributed by atoms with Gasteiger partial charge < -0.3 is 0 Å². The highest BCUT2D eigenvalue weighted by molar-refractivity contribution is 6.58. The van der Waals surface area contributed by atoms with Gasteiger partial charge in [0, 0.05) is 8.80 Å². The zero-order valence-corrected chi connectivity index (χ0v) is 23.3. The molecule has 1 heterocycles. The van der Waals surface area contributed by atoms with Crippen molar-refractivity contribution in [2.75, 3.05) is 0 Å². The SMILES string of the molecule is CCCCC[Si@H]1CC[C@H](CCC2(c3cc(F)c(-c4ccc(C(F)(F)F)cc4)c(F)c3)CCCCC2)CC1. The topological polar surface area (TPSA) is 0 Å². The van der Waals surface area contributed by atoms with Crippen LogP contribution >= 0.6 is 0 Å². The zero-order valence-electron chi connectivity index (χ0n) is 22.1. The summed E-state index contributed by atoms with van der Waals surface area (Å²) in [6.07, 6.45) is 9.52. The number of unbranched alkanes of at least 4 members (excludes halogenated alkanes) is 2. The predicted molar refractivity (Wildman–Crippen MR) is 145 cm³/mol. The summed E-state index contributed by atoms with van der Waals surface area (Å²) in [4.78, 5) is 0. The van der Waals surface area contributed by atoms with Crippen molar-refractivity contribution in [2.45, 2.75) is 114 Å². The average Bonchev–Trinajstić information content (AvgIpc) is 2.88. The number of rotatable bonds is 9. The molecule has 1 aliphatic heterocycles. The van der Waals surface area contributed by atoms with Crippen LogP contribution in [-0.4, -0.2) is 8.80 Å². The van der Waals surface area contributed by atoms with Crippen molar-refractivity contribution >= 4 is 8.80 Å². The molecule has 2 aromatic rings. The van der Waals surface area contributed by atoms with Crippen molar-refractivity contribution in [3.63, 3.8) is 0 Å². The second-order valence-corrected chi connectivity index (χ2v) is 15.1. The summed E-state index contributed by atoms with van der Waals surface area (Å²) in [6, 6.07) is 11.4. The van der Waals surface area contributed by atoms with E-state index in [1.165, 1.54) is 62.4 Å². The molecular weight excluding hydrogens is 495 g/mol. The number of benzene rings is 2. The van der Waals surface area contributed by atoms with Gasteiger partial charge in [0.1, 0.15) is 11.6 Å². The molecule has 1 saturated heterocycles. The minimum atomic E-state index is -4.48. The fourth-order valence-corrected chi connectivity index (χ4v) is 10.5. The van der Waals surface area contributed by atoms with Crippen LogP contribution in [0.3, 0.4) is 0 Å². The quantitative estimate of drug-likeness (QED) is 0.170. The lowest BCUT2D eigenvalue weighted by Gasteiger charge is -2.40. The first-order valence-corrected chi connectivity index (χ1v) is 16.8. The van der Waals surface area contributed by atoms with Crippen LogP contribution in [0.15, 0.2) is 36.4 Å². The average molecular weight is 537 g/mol. The Morgan fingerprint density at radius 3 is 2.08 bits per heavy atom. The molecule has 0 aromatic heterocycles. The highest BCUT2D eigenvalue weighted by Crippen LogP contribution is 2.46. The third kappa shape index (κ3) is 7.04. The Hall–Kier alpha value is -1.69. The van der Waals surface area contributed by atoms with Gasteiger partial charge in [-0.2, -0.15) is 13.2 Å². The van der Waals surface area contributed by atoms with E-state index in [4.69, 9.17) is 0 Å². The van der Waals surface area contributed by atoms with Gasteiger partial charge in [-0.1, -0.05) is 88.6 Å². The van der Waals surface area contributed by atoms with Crippen LogP contribution in [0.4, 0.5) is 22.0 Å². The monoisotopic (exact) mass is 536 g/mol. The van der Waals surface area contributed by atoms with E-state index < -0.39 is 32.2 Å². The van der Waals surface area contributed by atoms with Gasteiger partial charge in [-0.25, -0.2) is 8.78 Å². The summed E-state index contributed by atoms with van der Waals surface area (Å²) in [7, 11) is -0.556. The fraction of sp³-hybridized carbons (Fsp3) is 0.613. The van der Waals surface area contributed by atoms with Crippen LogP contribution in [0.1, 0.15) is 95.1 Å². The second-order valence-electron chi connectivity index (χ2n) is 11.7. The maximum atomic E-state index is 15.4. The Labute approximate surface area is 220 Å². The largest absolute Gasteiger partial charge is 0.416 e. The highest BCUT2D eigenvalue weighted by atomic mass is 28.3. The summed E-state index contributed by atoms with van der Waals surface area (Å²) in [6.45, 7) is 2.26. The van der Waals surface area contributed by atoms with Crippen molar-refractivity contribution in [3.05, 3.63) is 59.2 Å². The first-order valence-electron chi connectivity index (χ1n) is 14.4. The van der Waals surface area contributed by atoms with Crippen LogP contribution in [0.5, 0.6) is 0 Å². The van der Waals surface area contributed by atoms with Crippen molar-refractivity contribution in [1.29, 1.82) is 0 Å². The normalized spacial score (nSPS) is 22.2. The van der Waals surface area contributed by atoms with Gasteiger partial charge in [0.25, 0.3) is 0 Å². The third-order valence-corrected chi connectivity index (χ3v) is 12.7. The van der Waals surface area contributed by atoms with Crippen LogP contribution in [0, 0.1) is 17.6 Å². The molecule has 1 saturated carbocycles. The molecule has 0 unspecified atom stereocenters. The molecule has 4 rings (SSSR count). The standard InChI is InChI=1S/C31H41F5Si/c1-2-3-7-18-37-19-13-23(14-20-37)12-17-30(15-5-4-6-16-30)26-21-27(32)29(28(33)22-26)24-8-10-25(11-9-24)31(34,35)36/h8-11,21-23,37H,2-7,12-20H2,1H3/t23-,37-. The van der Waals surface area contributed by atoms with Crippen LogP contribution in [0.2, 0.25) is 18.1 Å². The summed E-state index contributed by atoms with van der Waals surface area (Å²) in [5, 5.41) is 0. The Morgan fingerprint density at radius 2 is 1.51 bits per heavy atom. The maximum Gasteiger partial charge on any atom is 0.416 e. The molecule has 0 nitrogen and oxygen atoms in total. The fourth-order valence-electron chi connectivity index (χ4n) is 6.86. The minimum absolute atomic E-state index is 0.132. The van der Waals surface area contributed by atoms with Crippen LogP contribution in [-0.2, 0) is 11.6 Å². The predicted octanol–water partition coefficient (Wildman–Crippen LogP) is 10.5. The molecule has 1 aliphatic carbocycles. The molecular formula is C31H41F5Si. The summed E-state index contributed by atoms with van der Waals surface area (Å²) >= 11 is 0. The smallest absolute Gasteiger partial charge is 0.206 e. The summed E-state index contributed by atoms with van der Waals surface area (Å²) in [5.74, 6) is -0.633. The minimum Gasteiger partial charge on any atom is -0.206 e. The van der Waals surface area contributed by atoms with E-state index in [0.717, 1.165) is 80.7 Å². The van der Waals surface area contributed by atoms with E-state index in [2.05, 4.69) is 6.92 Å². The van der Waals surface area contributed by atoms with E-state index in [-0.39, 0.29) is 16.5 Å². The Balaban J connectivity index is 1.47. The van der Waals surface area contributed by atoms with Crippen molar-refractivity contribution in [1.82, 2.24) is 0 Å². The Bertz CT molecular complexity index is 976. The van der Waals surface area contributed by atoms with Gasteiger partial charge >= 0.3 is 6.18 Å². The summed E-state index contributed by atoms with van der Waals surface area (Å²) in [5.41, 5.74) is -0.400. The first kappa shape index (κ1) is 28.3. The third-order valence-electron chi connectivity index (χ3n) is 9.18. The van der Waals surface area contributed by atoms with Gasteiger partial charge in [-0.05, 0) is 72.4 Å². The molecule has 0 N–H and O–H groups in total. The van der Waals surface area contributed by atoms with Crippen molar-refractivity contribution in [3.8, 4) is 11.1 Å². The molecule has 0 amide bonds. The van der Waals surface area contributed by atoms with E-state index in [9.17, 15) is 13.2 Å². The molecule has 6 heteroatoms. The highest BCUT2D eigenvalue weighted by Gasteiger charge is 2.36. The zero-order chi connectivity index (χ0) is 26.5. The lowest BCUT2D eigenvalue weighted by Crippen LogP contribution is -2.31. The van der Waals surface area contributed by atoms with Gasteiger partial charge in [0.2, 0.25) is 0 Å². The van der Waals surface area contributed by atoms with Crippen LogP contribution < -0.4 is 0 Å². The molecule has 0 spiro atoms. The lowest BCUT2D eigenvalue weighted by molar-refractivity contribution is -0.137. The van der Waals surface area contributed by atoms with Gasteiger partial charge in [0.05, 0.1) is 11.1 Å². The van der Waals surface area contributed by atoms with E-state index in [1.807, 2.05) is 0 Å². The maximum absolute atomic E-state index is 15.4. The molecule has 2 aliphatic rings. The van der Waals surface area contributed by atoms with Crippen molar-refractivity contribution in [2.24, 2.45) is 5.92 Å². The Morgan fingerprint density at radius 1 is 0.892 bits per heavy atom. The van der Waals surface area contributed by atoms with Crippen LogP contribution in [0.25, 0.3) is 11.1 Å². The number of halogens is 5. The van der Waals surface area contributed by atoms with E-state index >= 15 is 8.78 Å². The first-order chi connectivity index (χ1) is 17.7. The molecule has 204 valence electrons. The molecule has 37 heavy (non-hydrogen) atoms. The number of alkyl halides is 3. The van der Waals surface area contributed by atoms with Gasteiger partial charge in [-0.3, -0.25) is 0 Å². The van der Waals surface area contributed by atoms with Crippen molar-refractivity contribution < 1.29 is 22.0 Å². The molecule has 2 fully saturated rings. The lowest BCUT2D eigenvalue weighted by atomic mass is 9.65. The van der Waals surface area contributed by atoms with E-state index in [1.54, 1.807) is 0 Å². The van der Waals surface area contributed by atoms with E-state index in [0.29, 0.717) is 0 Å². The number of hydrogen-bond acceptors (Lipinski definition) is 0. The number of hydrogen-bond donors (Lipinski definition) is 0. The molecule has 2 aromatic carbocycles. The Kier molecular flexibility index (Phi) is 9.52. The second kappa shape index (κ2) is 12.4. The van der Waals surface area contributed by atoms with Gasteiger partial charge in [-0.15, -0.1) is 0 Å². The van der Waals surface area contributed by atoms with Gasteiger partial charge in [0.15, 0.2) is 0 Å². The molecule has 0 radical (unpaired) electrons.